The van der Waals surface area contributed by atoms with E-state index in [1.807, 2.05) is 37.6 Å². The number of aryl methyl sites for hydroxylation is 1. The molecule has 0 bridgehead atoms. The Kier molecular flexibility index (Phi) is 4.65. The third kappa shape index (κ3) is 3.32. The van der Waals surface area contributed by atoms with Crippen LogP contribution in [0.2, 0.25) is 0 Å². The van der Waals surface area contributed by atoms with Crippen LogP contribution in [0.5, 0.6) is 0 Å². The molecule has 1 atom stereocenters. The highest BCUT2D eigenvalue weighted by atomic mass is 16.5. The smallest absolute Gasteiger partial charge is 0.163 e. The zero-order valence-electron chi connectivity index (χ0n) is 14.4. The second-order valence-corrected chi connectivity index (χ2v) is 6.79. The molecule has 0 unspecified atom stereocenters. The van der Waals surface area contributed by atoms with Crippen molar-refractivity contribution in [3.8, 4) is 6.07 Å². The highest BCUT2D eigenvalue weighted by Gasteiger charge is 2.28. The molecule has 2 heterocycles. The number of hydrogen-bond donors (Lipinski definition) is 0. The van der Waals surface area contributed by atoms with Crippen molar-refractivity contribution in [2.45, 2.75) is 31.9 Å². The Labute approximate surface area is 142 Å². The predicted molar refractivity (Wildman–Crippen MR) is 90.1 cm³/mol. The predicted octanol–water partition coefficient (Wildman–Crippen LogP) is 2.19. The van der Waals surface area contributed by atoms with Gasteiger partial charge >= 0.3 is 0 Å². The van der Waals surface area contributed by atoms with E-state index in [2.05, 4.69) is 33.3 Å². The molecule has 6 heteroatoms. The van der Waals surface area contributed by atoms with Crippen LogP contribution in [0.15, 0.2) is 30.6 Å². The second kappa shape index (κ2) is 6.71. The van der Waals surface area contributed by atoms with Crippen molar-refractivity contribution >= 4 is 0 Å². The Hall–Kier alpha value is -2.23. The summed E-state index contributed by atoms with van der Waals surface area (Å²) >= 11 is 0. The zero-order valence-corrected chi connectivity index (χ0v) is 14.4. The number of nitrogens with zero attached hydrogens (tertiary/aromatic N) is 5. The molecule has 1 aliphatic rings. The molecule has 0 radical (unpaired) electrons. The van der Waals surface area contributed by atoms with Gasteiger partial charge in [0.2, 0.25) is 0 Å². The summed E-state index contributed by atoms with van der Waals surface area (Å²) in [5, 5.41) is 17.6. The molecule has 126 valence electrons. The van der Waals surface area contributed by atoms with Gasteiger partial charge in [0.25, 0.3) is 0 Å². The van der Waals surface area contributed by atoms with E-state index >= 15 is 0 Å². The Balaban J connectivity index is 1.78. The van der Waals surface area contributed by atoms with Crippen LogP contribution in [0, 0.1) is 11.3 Å². The Bertz CT molecular complexity index is 746. The molecule has 6 nitrogen and oxygen atoms in total. The molecule has 24 heavy (non-hydrogen) atoms. The van der Waals surface area contributed by atoms with E-state index in [1.54, 1.807) is 6.33 Å². The molecule has 0 amide bonds. The lowest BCUT2D eigenvalue weighted by Crippen LogP contribution is -2.39. The molecule has 1 aliphatic heterocycles. The van der Waals surface area contributed by atoms with Crippen LogP contribution >= 0.6 is 0 Å². The number of nitriles is 1. The van der Waals surface area contributed by atoms with Gasteiger partial charge in [-0.2, -0.15) is 5.26 Å². The first kappa shape index (κ1) is 16.6. The van der Waals surface area contributed by atoms with Gasteiger partial charge in [0, 0.05) is 26.7 Å². The molecule has 1 aromatic heterocycles. The maximum Gasteiger partial charge on any atom is 0.163 e. The standard InChI is InChI=1S/C18H23N5O/c1-18(2,12-19)15-7-5-4-6-14(15)10-23-8-9-24-16(11-23)17-21-20-13-22(17)3/h4-7,13,16H,8-11H2,1-3H3/t16-/m1/s1. The van der Waals surface area contributed by atoms with E-state index in [-0.39, 0.29) is 6.10 Å². The molecule has 0 N–H and O–H groups in total. The van der Waals surface area contributed by atoms with Gasteiger partial charge in [-0.1, -0.05) is 24.3 Å². The lowest BCUT2D eigenvalue weighted by Gasteiger charge is -2.33. The van der Waals surface area contributed by atoms with E-state index in [4.69, 9.17) is 4.74 Å². The van der Waals surface area contributed by atoms with Gasteiger partial charge in [0.15, 0.2) is 5.82 Å². The monoisotopic (exact) mass is 325 g/mol. The van der Waals surface area contributed by atoms with Crippen molar-refractivity contribution in [1.82, 2.24) is 19.7 Å². The minimum absolute atomic E-state index is 0.0672. The minimum atomic E-state index is -0.494. The van der Waals surface area contributed by atoms with Gasteiger partial charge < -0.3 is 9.30 Å². The Morgan fingerprint density at radius 2 is 2.17 bits per heavy atom. The first-order valence-corrected chi connectivity index (χ1v) is 8.19. The largest absolute Gasteiger partial charge is 0.368 e. The molecular weight excluding hydrogens is 302 g/mol. The molecule has 1 fully saturated rings. The summed E-state index contributed by atoms with van der Waals surface area (Å²) in [6.07, 6.45) is 1.63. The summed E-state index contributed by atoms with van der Waals surface area (Å²) in [5.41, 5.74) is 1.79. The van der Waals surface area contributed by atoms with Crippen molar-refractivity contribution in [3.05, 3.63) is 47.5 Å². The van der Waals surface area contributed by atoms with Gasteiger partial charge in [-0.3, -0.25) is 4.90 Å². The average Bonchev–Trinajstić information content (AvgIpc) is 3.01. The summed E-state index contributed by atoms with van der Waals surface area (Å²) < 4.78 is 7.78. The van der Waals surface area contributed by atoms with E-state index in [9.17, 15) is 5.26 Å². The molecule has 0 spiro atoms. The van der Waals surface area contributed by atoms with Gasteiger partial charge in [-0.25, -0.2) is 0 Å². The van der Waals surface area contributed by atoms with Crippen LogP contribution in [-0.2, 0) is 23.7 Å². The van der Waals surface area contributed by atoms with Crippen molar-refractivity contribution < 1.29 is 4.74 Å². The maximum absolute atomic E-state index is 9.47. The summed E-state index contributed by atoms with van der Waals surface area (Å²) in [6, 6.07) is 10.6. The minimum Gasteiger partial charge on any atom is -0.368 e. The summed E-state index contributed by atoms with van der Waals surface area (Å²) in [5.74, 6) is 0.852. The number of rotatable bonds is 4. The molecule has 2 aromatic rings. The number of benzene rings is 1. The van der Waals surface area contributed by atoms with Gasteiger partial charge in [0.1, 0.15) is 12.4 Å². The topological polar surface area (TPSA) is 67.0 Å². The van der Waals surface area contributed by atoms with E-state index in [1.165, 1.54) is 5.56 Å². The first-order valence-electron chi connectivity index (χ1n) is 8.19. The van der Waals surface area contributed by atoms with Crippen LogP contribution < -0.4 is 0 Å². The average molecular weight is 325 g/mol. The van der Waals surface area contributed by atoms with Crippen molar-refractivity contribution in [1.29, 1.82) is 5.26 Å². The SMILES string of the molecule is Cn1cnnc1[C@H]1CN(Cc2ccccc2C(C)(C)C#N)CCO1. The quantitative estimate of drug-likeness (QED) is 0.862. The lowest BCUT2D eigenvalue weighted by molar-refractivity contribution is -0.0386. The van der Waals surface area contributed by atoms with E-state index in [0.717, 1.165) is 31.0 Å². The number of morpholine rings is 1. The third-order valence-electron chi connectivity index (χ3n) is 4.55. The fraction of sp³-hybridized carbons (Fsp3) is 0.500. The lowest BCUT2D eigenvalue weighted by atomic mass is 9.83. The van der Waals surface area contributed by atoms with Crippen molar-refractivity contribution in [2.24, 2.45) is 7.05 Å². The normalized spacial score (nSPS) is 19.2. The Morgan fingerprint density at radius 3 is 2.88 bits per heavy atom. The van der Waals surface area contributed by atoms with Crippen molar-refractivity contribution in [3.63, 3.8) is 0 Å². The van der Waals surface area contributed by atoms with Crippen LogP contribution in [0.3, 0.4) is 0 Å². The van der Waals surface area contributed by atoms with Crippen LogP contribution in [0.1, 0.15) is 36.9 Å². The summed E-state index contributed by atoms with van der Waals surface area (Å²) in [7, 11) is 1.93. The van der Waals surface area contributed by atoms with Crippen LogP contribution in [0.4, 0.5) is 0 Å². The maximum atomic E-state index is 9.47. The van der Waals surface area contributed by atoms with E-state index in [0.29, 0.717) is 6.61 Å². The molecule has 1 aromatic carbocycles. The highest BCUT2D eigenvalue weighted by Crippen LogP contribution is 2.28. The fourth-order valence-electron chi connectivity index (χ4n) is 3.16. The number of hydrogen-bond acceptors (Lipinski definition) is 5. The number of aromatic nitrogens is 3. The fourth-order valence-corrected chi connectivity index (χ4v) is 3.16. The zero-order chi connectivity index (χ0) is 17.2. The number of ether oxygens (including phenoxy) is 1. The first-order chi connectivity index (χ1) is 11.5. The van der Waals surface area contributed by atoms with Gasteiger partial charge in [-0.05, 0) is 25.0 Å². The molecule has 0 saturated carbocycles. The molecular formula is C18H23N5O. The van der Waals surface area contributed by atoms with Crippen LogP contribution in [0.25, 0.3) is 0 Å². The van der Waals surface area contributed by atoms with Gasteiger partial charge in [0.05, 0.1) is 18.1 Å². The van der Waals surface area contributed by atoms with Crippen LogP contribution in [-0.4, -0.2) is 39.4 Å². The summed E-state index contributed by atoms with van der Waals surface area (Å²) in [4.78, 5) is 2.36. The van der Waals surface area contributed by atoms with Crippen molar-refractivity contribution in [2.75, 3.05) is 19.7 Å². The molecule has 1 saturated heterocycles. The second-order valence-electron chi connectivity index (χ2n) is 6.79. The van der Waals surface area contributed by atoms with Gasteiger partial charge in [-0.15, -0.1) is 10.2 Å². The third-order valence-corrected chi connectivity index (χ3v) is 4.55. The highest BCUT2D eigenvalue weighted by molar-refractivity contribution is 5.37. The molecule has 3 rings (SSSR count). The summed E-state index contributed by atoms with van der Waals surface area (Å²) in [6.45, 7) is 7.05. The Morgan fingerprint density at radius 1 is 1.38 bits per heavy atom. The van der Waals surface area contributed by atoms with E-state index < -0.39 is 5.41 Å². The molecule has 0 aliphatic carbocycles.